The molecule has 2 aromatic heterocycles. The maximum atomic E-state index is 13.1. The maximum absolute atomic E-state index is 13.1. The van der Waals surface area contributed by atoms with Crippen LogP contribution in [0.4, 0.5) is 29.3 Å². The normalized spacial score (nSPS) is 11.2. The summed E-state index contributed by atoms with van der Waals surface area (Å²) in [6.45, 7) is 0.615. The number of alkyl halides is 3. The predicted molar refractivity (Wildman–Crippen MR) is 144 cm³/mol. The van der Waals surface area contributed by atoms with Crippen molar-refractivity contribution in [2.24, 2.45) is 0 Å². The van der Waals surface area contributed by atoms with Crippen molar-refractivity contribution in [3.8, 4) is 22.9 Å². The molecule has 0 radical (unpaired) electrons. The van der Waals surface area contributed by atoms with Gasteiger partial charge in [-0.3, -0.25) is 4.68 Å². The van der Waals surface area contributed by atoms with Gasteiger partial charge in [-0.2, -0.15) is 18.3 Å². The van der Waals surface area contributed by atoms with E-state index in [1.807, 2.05) is 41.2 Å². The molecule has 8 nitrogen and oxygen atoms in total. The topological polar surface area (TPSA) is 94.0 Å². The van der Waals surface area contributed by atoms with Gasteiger partial charge in [-0.05, 0) is 35.9 Å². The Morgan fingerprint density at radius 3 is 2.48 bits per heavy atom. The molecule has 0 aliphatic rings. The lowest BCUT2D eigenvalue weighted by atomic mass is 10.2. The number of halogens is 4. The minimum atomic E-state index is -4.65. The Kier molecular flexibility index (Phi) is 7.65. The molecule has 202 valence electrons. The first-order chi connectivity index (χ1) is 19.2. The fourth-order valence-electron chi connectivity index (χ4n) is 3.78. The van der Waals surface area contributed by atoms with Gasteiger partial charge in [-0.25, -0.2) is 14.8 Å². The second-order valence-corrected chi connectivity index (χ2v) is 8.96. The van der Waals surface area contributed by atoms with Crippen LogP contribution in [-0.2, 0) is 12.7 Å². The lowest BCUT2D eigenvalue weighted by molar-refractivity contribution is -0.137. The number of hydrogen-bond donors (Lipinski definition) is 2. The number of benzene rings is 3. The number of nitrogens with zero attached hydrogens (tertiary/aromatic N) is 4. The van der Waals surface area contributed by atoms with Crippen molar-refractivity contribution in [3.05, 3.63) is 114 Å². The molecule has 0 fully saturated rings. The smallest absolute Gasteiger partial charge is 0.417 e. The van der Waals surface area contributed by atoms with E-state index in [1.165, 1.54) is 12.4 Å². The average molecular weight is 565 g/mol. The lowest BCUT2D eigenvalue weighted by Crippen LogP contribution is -2.20. The average Bonchev–Trinajstić information content (AvgIpc) is 3.38. The third kappa shape index (κ3) is 6.75. The van der Waals surface area contributed by atoms with E-state index < -0.39 is 22.8 Å². The number of hydrogen-bond acceptors (Lipinski definition) is 5. The van der Waals surface area contributed by atoms with Gasteiger partial charge in [0, 0.05) is 35.3 Å². The highest BCUT2D eigenvalue weighted by Crippen LogP contribution is 2.36. The quantitative estimate of drug-likeness (QED) is 0.213. The summed E-state index contributed by atoms with van der Waals surface area (Å²) in [5.41, 5.74) is 1.74. The molecule has 0 aliphatic carbocycles. The van der Waals surface area contributed by atoms with E-state index in [0.717, 1.165) is 23.3 Å². The van der Waals surface area contributed by atoms with Crippen molar-refractivity contribution in [2.45, 2.75) is 12.7 Å². The molecule has 0 unspecified atom stereocenters. The number of ether oxygens (including phenoxy) is 1. The summed E-state index contributed by atoms with van der Waals surface area (Å²) in [6.07, 6.45) is 0.299. The van der Waals surface area contributed by atoms with Crippen LogP contribution in [0.25, 0.3) is 11.3 Å². The summed E-state index contributed by atoms with van der Waals surface area (Å²) in [5, 5.41) is 8.86. The summed E-state index contributed by atoms with van der Waals surface area (Å²) in [6, 6.07) is 20.4. The van der Waals surface area contributed by atoms with Gasteiger partial charge >= 0.3 is 12.2 Å². The van der Waals surface area contributed by atoms with E-state index >= 15 is 0 Å². The van der Waals surface area contributed by atoms with Crippen LogP contribution in [0.3, 0.4) is 0 Å². The van der Waals surface area contributed by atoms with E-state index in [1.54, 1.807) is 36.5 Å². The van der Waals surface area contributed by atoms with Crippen LogP contribution < -0.4 is 15.4 Å². The molecule has 2 heterocycles. The van der Waals surface area contributed by atoms with Crippen LogP contribution >= 0.6 is 11.6 Å². The van der Waals surface area contributed by atoms with Crippen molar-refractivity contribution >= 4 is 29.0 Å². The first-order valence-electron chi connectivity index (χ1n) is 11.8. The molecule has 2 amide bonds. The summed E-state index contributed by atoms with van der Waals surface area (Å²) in [5.74, 6) is 0.635. The third-order valence-electron chi connectivity index (χ3n) is 5.60. The Labute approximate surface area is 231 Å². The number of carbonyl (C=O) groups is 1. The van der Waals surface area contributed by atoms with Crippen molar-refractivity contribution in [1.29, 1.82) is 0 Å². The van der Waals surface area contributed by atoms with Crippen LogP contribution in [0, 0.1) is 0 Å². The molecule has 40 heavy (non-hydrogen) atoms. The lowest BCUT2D eigenvalue weighted by Gasteiger charge is -2.13. The number of aromatic nitrogens is 4. The first kappa shape index (κ1) is 26.7. The highest BCUT2D eigenvalue weighted by Gasteiger charge is 2.33. The fraction of sp³-hybridized carbons (Fsp3) is 0.0714. The SMILES string of the molecule is O=C(Nc1cccc(Oc2cc(-c3cnn(Cc4ccccc4)c3)ncn2)c1)Nc1ccc(Cl)c(C(F)(F)F)c1. The van der Waals surface area contributed by atoms with Crippen LogP contribution in [0.2, 0.25) is 5.02 Å². The van der Waals surface area contributed by atoms with Gasteiger partial charge in [0.05, 0.1) is 29.0 Å². The standard InChI is InChI=1S/C28H20ClF3N6O2/c29-24-10-9-21(12-23(24)28(30,31)32)37-27(39)36-20-7-4-8-22(11-20)40-26-13-25(33-17-34-26)19-14-35-38(16-19)15-18-5-2-1-3-6-18/h1-14,16-17H,15H2,(H2,36,37,39). The first-order valence-corrected chi connectivity index (χ1v) is 12.2. The van der Waals surface area contributed by atoms with Gasteiger partial charge in [-0.1, -0.05) is 48.0 Å². The molecule has 0 aliphatic heterocycles. The van der Waals surface area contributed by atoms with E-state index in [2.05, 4.69) is 25.7 Å². The Hall–Kier alpha value is -4.90. The van der Waals surface area contributed by atoms with Crippen molar-refractivity contribution < 1.29 is 22.7 Å². The van der Waals surface area contributed by atoms with Gasteiger partial charge < -0.3 is 15.4 Å². The number of rotatable bonds is 7. The van der Waals surface area contributed by atoms with Gasteiger partial charge in [0.15, 0.2) is 0 Å². The predicted octanol–water partition coefficient (Wildman–Crippen LogP) is 7.50. The number of urea groups is 1. The van der Waals surface area contributed by atoms with Crippen LogP contribution in [-0.4, -0.2) is 25.8 Å². The summed E-state index contributed by atoms with van der Waals surface area (Å²) < 4.78 is 47.0. The summed E-state index contributed by atoms with van der Waals surface area (Å²) >= 11 is 5.63. The highest BCUT2D eigenvalue weighted by atomic mass is 35.5. The molecule has 0 saturated heterocycles. The molecule has 0 bridgehead atoms. The van der Waals surface area contributed by atoms with Crippen molar-refractivity contribution in [1.82, 2.24) is 19.7 Å². The van der Waals surface area contributed by atoms with Gasteiger partial charge in [0.1, 0.15) is 12.1 Å². The zero-order chi connectivity index (χ0) is 28.1. The molecule has 0 saturated carbocycles. The second-order valence-electron chi connectivity index (χ2n) is 8.56. The molecular weight excluding hydrogens is 545 g/mol. The molecule has 12 heteroatoms. The summed E-state index contributed by atoms with van der Waals surface area (Å²) in [7, 11) is 0. The van der Waals surface area contributed by atoms with Gasteiger partial charge in [0.2, 0.25) is 5.88 Å². The largest absolute Gasteiger partial charge is 0.439 e. The molecule has 5 aromatic rings. The molecule has 3 aromatic carbocycles. The van der Waals surface area contributed by atoms with Crippen molar-refractivity contribution in [2.75, 3.05) is 10.6 Å². The van der Waals surface area contributed by atoms with Gasteiger partial charge in [0.25, 0.3) is 0 Å². The van der Waals surface area contributed by atoms with E-state index in [9.17, 15) is 18.0 Å². The molecule has 2 N–H and O–H groups in total. The maximum Gasteiger partial charge on any atom is 0.417 e. The number of nitrogens with one attached hydrogen (secondary N) is 2. The Bertz CT molecular complexity index is 1640. The number of anilines is 2. The monoisotopic (exact) mass is 564 g/mol. The number of amides is 2. The van der Waals surface area contributed by atoms with E-state index in [-0.39, 0.29) is 11.6 Å². The number of carbonyl (C=O) groups excluding carboxylic acids is 1. The van der Waals surface area contributed by atoms with Gasteiger partial charge in [-0.15, -0.1) is 0 Å². The van der Waals surface area contributed by atoms with Crippen LogP contribution in [0.1, 0.15) is 11.1 Å². The Morgan fingerprint density at radius 1 is 0.925 bits per heavy atom. The van der Waals surface area contributed by atoms with Crippen LogP contribution in [0.15, 0.2) is 97.6 Å². The highest BCUT2D eigenvalue weighted by molar-refractivity contribution is 6.31. The van der Waals surface area contributed by atoms with Crippen LogP contribution in [0.5, 0.6) is 11.6 Å². The molecule has 0 atom stereocenters. The summed E-state index contributed by atoms with van der Waals surface area (Å²) in [4.78, 5) is 20.9. The molecule has 0 spiro atoms. The molecular formula is C28H20ClF3N6O2. The third-order valence-corrected chi connectivity index (χ3v) is 5.93. The zero-order valence-corrected chi connectivity index (χ0v) is 21.3. The van der Waals surface area contributed by atoms with E-state index in [4.69, 9.17) is 16.3 Å². The van der Waals surface area contributed by atoms with E-state index in [0.29, 0.717) is 23.7 Å². The fourth-order valence-corrected chi connectivity index (χ4v) is 4.00. The zero-order valence-electron chi connectivity index (χ0n) is 20.6. The van der Waals surface area contributed by atoms with Crippen molar-refractivity contribution in [3.63, 3.8) is 0 Å². The second kappa shape index (κ2) is 11.5. The Balaban J connectivity index is 1.24. The molecule has 5 rings (SSSR count). The minimum Gasteiger partial charge on any atom is -0.439 e. The Morgan fingerprint density at radius 2 is 1.70 bits per heavy atom. The minimum absolute atomic E-state index is 0.0674.